The van der Waals surface area contributed by atoms with Gasteiger partial charge in [-0.05, 0) is 12.0 Å². The van der Waals surface area contributed by atoms with Gasteiger partial charge in [0.1, 0.15) is 11.6 Å². The Labute approximate surface area is 151 Å². The van der Waals surface area contributed by atoms with Crippen molar-refractivity contribution in [3.8, 4) is 0 Å². The third-order valence-electron chi connectivity index (χ3n) is 5.11. The third kappa shape index (κ3) is 2.95. The average Bonchev–Trinajstić information content (AvgIpc) is 3.23. The Bertz CT molecular complexity index is 934. The smallest absolute Gasteiger partial charge is 0.294 e. The van der Waals surface area contributed by atoms with E-state index in [1.54, 1.807) is 6.26 Å². The summed E-state index contributed by atoms with van der Waals surface area (Å²) in [7, 11) is 0. The van der Waals surface area contributed by atoms with Gasteiger partial charge < -0.3 is 18.9 Å². The predicted octanol–water partition coefficient (Wildman–Crippen LogP) is 3.59. The number of aromatic nitrogens is 2. The molecule has 3 heterocycles. The minimum Gasteiger partial charge on any atom is -0.456 e. The second-order valence-electron chi connectivity index (χ2n) is 6.72. The van der Waals surface area contributed by atoms with Gasteiger partial charge in [0, 0.05) is 11.5 Å². The van der Waals surface area contributed by atoms with Gasteiger partial charge >= 0.3 is 0 Å². The molecular formula is C20H22N2O4. The van der Waals surface area contributed by atoms with Gasteiger partial charge in [0.15, 0.2) is 0 Å². The fourth-order valence-corrected chi connectivity index (χ4v) is 3.68. The Hall–Kier alpha value is -2.44. The molecule has 3 aromatic rings. The maximum Gasteiger partial charge on any atom is 0.294 e. The van der Waals surface area contributed by atoms with Crippen molar-refractivity contribution in [1.29, 1.82) is 0 Å². The van der Waals surface area contributed by atoms with E-state index in [2.05, 4.69) is 23.8 Å². The highest BCUT2D eigenvalue weighted by atomic mass is 16.6. The molecule has 0 aliphatic carbocycles. The number of furan rings is 1. The van der Waals surface area contributed by atoms with E-state index < -0.39 is 0 Å². The lowest BCUT2D eigenvalue weighted by Gasteiger charge is -2.21. The largest absolute Gasteiger partial charge is 0.456 e. The second-order valence-corrected chi connectivity index (χ2v) is 6.72. The van der Waals surface area contributed by atoms with Crippen LogP contribution in [0, 0.1) is 5.92 Å². The monoisotopic (exact) mass is 354 g/mol. The number of rotatable bonds is 5. The SMILES string of the molecule is CC[C@H]1O[C@@H](c2coc3c(=O)[nH]cnc23)[C@H](OCc2ccccc2)[C@@H]1C. The van der Waals surface area contributed by atoms with E-state index in [0.29, 0.717) is 12.1 Å². The summed E-state index contributed by atoms with van der Waals surface area (Å²) >= 11 is 0. The first-order valence-corrected chi connectivity index (χ1v) is 8.94. The summed E-state index contributed by atoms with van der Waals surface area (Å²) in [5.41, 5.74) is 2.36. The molecule has 0 unspecified atom stereocenters. The first-order chi connectivity index (χ1) is 12.7. The van der Waals surface area contributed by atoms with Crippen LogP contribution in [0.1, 0.15) is 37.5 Å². The first-order valence-electron chi connectivity index (χ1n) is 8.94. The first kappa shape index (κ1) is 17.0. The highest BCUT2D eigenvalue weighted by Gasteiger charge is 2.44. The van der Waals surface area contributed by atoms with Crippen LogP contribution in [-0.4, -0.2) is 22.2 Å². The van der Waals surface area contributed by atoms with Crippen LogP contribution >= 0.6 is 0 Å². The number of H-pyrrole nitrogens is 1. The molecule has 2 aromatic heterocycles. The van der Waals surface area contributed by atoms with Gasteiger partial charge in [-0.15, -0.1) is 0 Å². The quantitative estimate of drug-likeness (QED) is 0.758. The molecule has 1 aliphatic heterocycles. The fraction of sp³-hybridized carbons (Fsp3) is 0.400. The van der Waals surface area contributed by atoms with Crippen LogP contribution in [0.4, 0.5) is 0 Å². The predicted molar refractivity (Wildman–Crippen MR) is 96.7 cm³/mol. The lowest BCUT2D eigenvalue weighted by molar-refractivity contribution is -0.0334. The number of ether oxygens (including phenoxy) is 2. The average molecular weight is 354 g/mol. The molecule has 1 aliphatic rings. The molecule has 0 spiro atoms. The molecule has 1 N–H and O–H groups in total. The fourth-order valence-electron chi connectivity index (χ4n) is 3.68. The van der Waals surface area contributed by atoms with Gasteiger partial charge in [0.2, 0.25) is 5.58 Å². The number of nitrogens with zero attached hydrogens (tertiary/aromatic N) is 1. The molecule has 1 aromatic carbocycles. The van der Waals surface area contributed by atoms with Gasteiger partial charge in [-0.1, -0.05) is 44.2 Å². The number of hydrogen-bond acceptors (Lipinski definition) is 5. The van der Waals surface area contributed by atoms with Crippen LogP contribution in [0.25, 0.3) is 11.1 Å². The number of fused-ring (bicyclic) bond motifs is 1. The van der Waals surface area contributed by atoms with Crippen LogP contribution in [0.3, 0.4) is 0 Å². The van der Waals surface area contributed by atoms with Crippen LogP contribution < -0.4 is 5.56 Å². The summed E-state index contributed by atoms with van der Waals surface area (Å²) in [6.07, 6.45) is 3.50. The molecular weight excluding hydrogens is 332 g/mol. The molecule has 0 bridgehead atoms. The molecule has 4 atom stereocenters. The minimum absolute atomic E-state index is 0.0905. The minimum atomic E-state index is -0.311. The Morgan fingerprint density at radius 3 is 2.85 bits per heavy atom. The van der Waals surface area contributed by atoms with Crippen LogP contribution in [0.2, 0.25) is 0 Å². The molecule has 0 amide bonds. The number of benzene rings is 1. The third-order valence-corrected chi connectivity index (χ3v) is 5.11. The summed E-state index contributed by atoms with van der Waals surface area (Å²) in [5.74, 6) is 0.223. The topological polar surface area (TPSA) is 77.4 Å². The standard InChI is InChI=1S/C20H22N2O4/c1-3-15-12(2)17(24-9-13-7-5-4-6-8-13)18(26-15)14-10-25-19-16(14)21-11-22-20(19)23/h4-8,10-12,15,17-18H,3,9H2,1-2H3,(H,21,22,23)/t12-,15-,17-,18+/m1/s1. The Morgan fingerprint density at radius 1 is 1.27 bits per heavy atom. The Morgan fingerprint density at radius 2 is 2.08 bits per heavy atom. The van der Waals surface area contributed by atoms with Crippen molar-refractivity contribution in [2.45, 2.75) is 45.2 Å². The summed E-state index contributed by atoms with van der Waals surface area (Å²) in [4.78, 5) is 18.7. The Balaban J connectivity index is 1.65. The van der Waals surface area contributed by atoms with Crippen LogP contribution in [-0.2, 0) is 16.1 Å². The number of nitrogens with one attached hydrogen (secondary N) is 1. The molecule has 6 heteroatoms. The highest BCUT2D eigenvalue weighted by molar-refractivity contribution is 5.75. The van der Waals surface area contributed by atoms with E-state index >= 15 is 0 Å². The van der Waals surface area contributed by atoms with E-state index in [0.717, 1.165) is 17.5 Å². The zero-order valence-electron chi connectivity index (χ0n) is 14.8. The van der Waals surface area contributed by atoms with Gasteiger partial charge in [0.25, 0.3) is 5.56 Å². The lowest BCUT2D eigenvalue weighted by Crippen LogP contribution is -2.25. The van der Waals surface area contributed by atoms with Gasteiger partial charge in [-0.3, -0.25) is 4.79 Å². The molecule has 6 nitrogen and oxygen atoms in total. The van der Waals surface area contributed by atoms with Crippen molar-refractivity contribution < 1.29 is 13.9 Å². The maximum atomic E-state index is 11.9. The molecule has 136 valence electrons. The van der Waals surface area contributed by atoms with E-state index in [1.165, 1.54) is 6.33 Å². The van der Waals surface area contributed by atoms with Gasteiger partial charge in [-0.2, -0.15) is 0 Å². The molecule has 26 heavy (non-hydrogen) atoms. The maximum absolute atomic E-state index is 11.9. The molecule has 0 saturated carbocycles. The highest BCUT2D eigenvalue weighted by Crippen LogP contribution is 2.42. The van der Waals surface area contributed by atoms with E-state index in [-0.39, 0.29) is 35.4 Å². The zero-order chi connectivity index (χ0) is 18.1. The van der Waals surface area contributed by atoms with E-state index in [4.69, 9.17) is 13.9 Å². The molecule has 4 rings (SSSR count). The zero-order valence-corrected chi connectivity index (χ0v) is 14.8. The molecule has 1 saturated heterocycles. The number of aromatic amines is 1. The lowest BCUT2D eigenvalue weighted by atomic mass is 9.94. The van der Waals surface area contributed by atoms with Crippen molar-refractivity contribution in [1.82, 2.24) is 9.97 Å². The summed E-state index contributed by atoms with van der Waals surface area (Å²) in [5, 5.41) is 0. The van der Waals surface area contributed by atoms with Crippen molar-refractivity contribution in [2.24, 2.45) is 5.92 Å². The molecule has 0 radical (unpaired) electrons. The number of hydrogen-bond donors (Lipinski definition) is 1. The second kappa shape index (κ2) is 7.05. The summed E-state index contributed by atoms with van der Waals surface area (Å²) in [6.45, 7) is 4.76. The van der Waals surface area contributed by atoms with Crippen molar-refractivity contribution in [3.63, 3.8) is 0 Å². The molecule has 1 fully saturated rings. The normalized spacial score (nSPS) is 25.8. The van der Waals surface area contributed by atoms with Crippen molar-refractivity contribution in [3.05, 3.63) is 64.4 Å². The van der Waals surface area contributed by atoms with Crippen molar-refractivity contribution >= 4 is 11.1 Å². The van der Waals surface area contributed by atoms with Gasteiger partial charge in [-0.25, -0.2) is 4.98 Å². The summed E-state index contributed by atoms with van der Waals surface area (Å²) < 4.78 is 18.0. The van der Waals surface area contributed by atoms with Crippen LogP contribution in [0.5, 0.6) is 0 Å². The van der Waals surface area contributed by atoms with Crippen molar-refractivity contribution in [2.75, 3.05) is 0 Å². The summed E-state index contributed by atoms with van der Waals surface area (Å²) in [6, 6.07) is 10.1. The van der Waals surface area contributed by atoms with Crippen LogP contribution in [0.15, 0.2) is 52.1 Å². The van der Waals surface area contributed by atoms with Gasteiger partial charge in [0.05, 0.1) is 31.4 Å². The Kier molecular flexibility index (Phi) is 4.61. The van der Waals surface area contributed by atoms with E-state index in [1.807, 2.05) is 30.3 Å². The van der Waals surface area contributed by atoms with E-state index in [9.17, 15) is 4.79 Å².